The van der Waals surface area contributed by atoms with Crippen LogP contribution in [0.4, 0.5) is 0 Å². The van der Waals surface area contributed by atoms with E-state index in [1.807, 2.05) is 0 Å². The van der Waals surface area contributed by atoms with Gasteiger partial charge in [-0.3, -0.25) is 0 Å². The van der Waals surface area contributed by atoms with Crippen molar-refractivity contribution in [3.05, 3.63) is 0 Å². The van der Waals surface area contributed by atoms with Crippen LogP contribution in [0.3, 0.4) is 0 Å². The predicted octanol–water partition coefficient (Wildman–Crippen LogP) is 1.24. The first kappa shape index (κ1) is 12.2. The van der Waals surface area contributed by atoms with Gasteiger partial charge in [0.15, 0.2) is 0 Å². The van der Waals surface area contributed by atoms with Crippen molar-refractivity contribution in [1.82, 2.24) is 4.90 Å². The predicted molar refractivity (Wildman–Crippen MR) is 55.0 cm³/mol. The van der Waals surface area contributed by atoms with E-state index in [0.717, 1.165) is 19.5 Å². The van der Waals surface area contributed by atoms with Crippen molar-refractivity contribution in [2.75, 3.05) is 13.1 Å². The number of nitrogens with two attached hydrogens (primary N) is 1. The lowest BCUT2D eigenvalue weighted by Crippen LogP contribution is -2.37. The number of hydrogen-bond acceptors (Lipinski definition) is 3. The summed E-state index contributed by atoms with van der Waals surface area (Å²) < 4.78 is 0. The zero-order valence-electron chi connectivity index (χ0n) is 8.82. The maximum atomic E-state index is 8.45. The van der Waals surface area contributed by atoms with Crippen molar-refractivity contribution in [2.24, 2.45) is 10.9 Å². The topological polar surface area (TPSA) is 61.9 Å². The van der Waals surface area contributed by atoms with E-state index in [-0.39, 0.29) is 0 Å². The second kappa shape index (κ2) is 6.71. The molecule has 0 aromatic carbocycles. The summed E-state index contributed by atoms with van der Waals surface area (Å²) >= 11 is 0. The maximum absolute atomic E-state index is 8.45. The first-order valence-corrected chi connectivity index (χ1v) is 4.89. The Bertz CT molecular complexity index is 155. The third-order valence-corrected chi connectivity index (χ3v) is 2.37. The highest BCUT2D eigenvalue weighted by atomic mass is 16.4. The van der Waals surface area contributed by atoms with Crippen LogP contribution in [0.1, 0.15) is 33.6 Å². The summed E-state index contributed by atoms with van der Waals surface area (Å²) in [6.07, 6.45) is 1.67. The standard InChI is InChI=1S/C9H21N3O/c1-4-8(7-9(10)11-13)12(5-2)6-3/h8,13H,4-7H2,1-3H3,(H2,10,11). The summed E-state index contributed by atoms with van der Waals surface area (Å²) in [4.78, 5) is 2.32. The molecule has 0 heterocycles. The maximum Gasteiger partial charge on any atom is 0.140 e. The molecule has 0 spiro atoms. The zero-order valence-corrected chi connectivity index (χ0v) is 8.82. The fraction of sp³-hybridized carbons (Fsp3) is 0.889. The van der Waals surface area contributed by atoms with E-state index < -0.39 is 0 Å². The molecular formula is C9H21N3O. The molecule has 0 amide bonds. The van der Waals surface area contributed by atoms with Crippen LogP contribution in [0.15, 0.2) is 5.16 Å². The van der Waals surface area contributed by atoms with Gasteiger partial charge in [0, 0.05) is 12.5 Å². The molecule has 13 heavy (non-hydrogen) atoms. The molecule has 0 bridgehead atoms. The molecule has 0 aromatic rings. The van der Waals surface area contributed by atoms with Gasteiger partial charge in [0.25, 0.3) is 0 Å². The molecule has 0 saturated heterocycles. The number of nitrogens with zero attached hydrogens (tertiary/aromatic N) is 2. The van der Waals surface area contributed by atoms with E-state index in [4.69, 9.17) is 10.9 Å². The largest absolute Gasteiger partial charge is 0.409 e. The SMILES string of the molecule is CCC(C/C(N)=N/O)N(CC)CC. The summed E-state index contributed by atoms with van der Waals surface area (Å²) in [6.45, 7) is 8.38. The molecule has 0 saturated carbocycles. The molecule has 78 valence electrons. The van der Waals surface area contributed by atoms with Gasteiger partial charge in [-0.05, 0) is 19.5 Å². The highest BCUT2D eigenvalue weighted by Crippen LogP contribution is 2.07. The number of hydrogen-bond donors (Lipinski definition) is 2. The molecule has 0 aliphatic heterocycles. The molecule has 3 N–H and O–H groups in total. The third-order valence-electron chi connectivity index (χ3n) is 2.37. The Labute approximate surface area is 80.4 Å². The van der Waals surface area contributed by atoms with Gasteiger partial charge in [0.2, 0.25) is 0 Å². The van der Waals surface area contributed by atoms with E-state index in [9.17, 15) is 0 Å². The fourth-order valence-electron chi connectivity index (χ4n) is 1.55. The normalized spacial score (nSPS) is 14.9. The summed E-state index contributed by atoms with van der Waals surface area (Å²) in [5.74, 6) is 0.318. The highest BCUT2D eigenvalue weighted by Gasteiger charge is 2.14. The molecular weight excluding hydrogens is 166 g/mol. The van der Waals surface area contributed by atoms with Gasteiger partial charge in [-0.2, -0.15) is 0 Å². The van der Waals surface area contributed by atoms with Gasteiger partial charge in [-0.1, -0.05) is 25.9 Å². The molecule has 0 fully saturated rings. The smallest absolute Gasteiger partial charge is 0.140 e. The lowest BCUT2D eigenvalue weighted by molar-refractivity contribution is 0.214. The van der Waals surface area contributed by atoms with E-state index in [2.05, 4.69) is 30.8 Å². The number of oxime groups is 1. The van der Waals surface area contributed by atoms with Gasteiger partial charge >= 0.3 is 0 Å². The van der Waals surface area contributed by atoms with Crippen LogP contribution in [0.2, 0.25) is 0 Å². The number of rotatable bonds is 6. The van der Waals surface area contributed by atoms with Gasteiger partial charge in [0.1, 0.15) is 5.84 Å². The zero-order chi connectivity index (χ0) is 10.3. The molecule has 4 nitrogen and oxygen atoms in total. The molecule has 0 rings (SSSR count). The van der Waals surface area contributed by atoms with E-state index in [1.54, 1.807) is 0 Å². The molecule has 0 radical (unpaired) electrons. The Morgan fingerprint density at radius 1 is 1.38 bits per heavy atom. The minimum atomic E-state index is 0.318. The Morgan fingerprint density at radius 2 is 1.92 bits per heavy atom. The Morgan fingerprint density at radius 3 is 2.23 bits per heavy atom. The van der Waals surface area contributed by atoms with Crippen molar-refractivity contribution in [2.45, 2.75) is 39.7 Å². The monoisotopic (exact) mass is 187 g/mol. The Hall–Kier alpha value is -0.770. The summed E-state index contributed by atoms with van der Waals surface area (Å²) in [5, 5.41) is 11.4. The van der Waals surface area contributed by atoms with Crippen LogP contribution in [0, 0.1) is 0 Å². The Balaban J connectivity index is 4.15. The van der Waals surface area contributed by atoms with Gasteiger partial charge in [-0.15, -0.1) is 0 Å². The third kappa shape index (κ3) is 4.12. The van der Waals surface area contributed by atoms with E-state index in [1.165, 1.54) is 0 Å². The van der Waals surface area contributed by atoms with Gasteiger partial charge in [-0.25, -0.2) is 0 Å². The second-order valence-electron chi connectivity index (χ2n) is 3.08. The highest BCUT2D eigenvalue weighted by molar-refractivity contribution is 5.80. The molecule has 0 aliphatic carbocycles. The van der Waals surface area contributed by atoms with Crippen LogP contribution in [-0.2, 0) is 0 Å². The van der Waals surface area contributed by atoms with E-state index >= 15 is 0 Å². The molecule has 0 aromatic heterocycles. The molecule has 4 heteroatoms. The summed E-state index contributed by atoms with van der Waals surface area (Å²) in [7, 11) is 0. The Kier molecular flexibility index (Phi) is 6.32. The number of amidine groups is 1. The molecule has 0 aliphatic rings. The van der Waals surface area contributed by atoms with Crippen molar-refractivity contribution < 1.29 is 5.21 Å². The van der Waals surface area contributed by atoms with Crippen LogP contribution in [0.25, 0.3) is 0 Å². The van der Waals surface area contributed by atoms with Crippen molar-refractivity contribution >= 4 is 5.84 Å². The molecule has 1 atom stereocenters. The van der Waals surface area contributed by atoms with Gasteiger partial charge in [0.05, 0.1) is 0 Å². The van der Waals surface area contributed by atoms with Crippen molar-refractivity contribution in [3.63, 3.8) is 0 Å². The van der Waals surface area contributed by atoms with Crippen LogP contribution in [-0.4, -0.2) is 35.1 Å². The van der Waals surface area contributed by atoms with Gasteiger partial charge < -0.3 is 15.8 Å². The second-order valence-corrected chi connectivity index (χ2v) is 3.08. The first-order valence-electron chi connectivity index (χ1n) is 4.89. The molecule has 1 unspecified atom stereocenters. The lowest BCUT2D eigenvalue weighted by atomic mass is 10.1. The van der Waals surface area contributed by atoms with Crippen LogP contribution < -0.4 is 5.73 Å². The van der Waals surface area contributed by atoms with Crippen LogP contribution in [0.5, 0.6) is 0 Å². The first-order chi connectivity index (χ1) is 6.19. The van der Waals surface area contributed by atoms with Crippen molar-refractivity contribution in [1.29, 1.82) is 0 Å². The summed E-state index contributed by atoms with van der Waals surface area (Å²) in [6, 6.07) is 0.394. The lowest BCUT2D eigenvalue weighted by Gasteiger charge is -2.28. The van der Waals surface area contributed by atoms with Crippen LogP contribution >= 0.6 is 0 Å². The average Bonchev–Trinajstić information content (AvgIpc) is 2.17. The quantitative estimate of drug-likeness (QED) is 0.285. The minimum Gasteiger partial charge on any atom is -0.409 e. The average molecular weight is 187 g/mol. The van der Waals surface area contributed by atoms with E-state index in [0.29, 0.717) is 18.3 Å². The summed E-state index contributed by atoms with van der Waals surface area (Å²) in [5.41, 5.74) is 5.47. The van der Waals surface area contributed by atoms with Crippen molar-refractivity contribution in [3.8, 4) is 0 Å². The fourth-order valence-corrected chi connectivity index (χ4v) is 1.55. The minimum absolute atomic E-state index is 0.318.